The summed E-state index contributed by atoms with van der Waals surface area (Å²) in [5.41, 5.74) is 5.50. The summed E-state index contributed by atoms with van der Waals surface area (Å²) in [5.74, 6) is -1.32. The zero-order valence-corrected chi connectivity index (χ0v) is 36.4. The second kappa shape index (κ2) is 30.2. The molecule has 1 rings (SSSR count). The van der Waals surface area contributed by atoms with Gasteiger partial charge < -0.3 is 55.0 Å². The third-order valence-corrected chi connectivity index (χ3v) is 11.5. The highest BCUT2D eigenvalue weighted by molar-refractivity contribution is 7.47. The lowest BCUT2D eigenvalue weighted by Gasteiger charge is -2.44. The van der Waals surface area contributed by atoms with Crippen LogP contribution in [0.2, 0.25) is 0 Å². The van der Waals surface area contributed by atoms with Crippen molar-refractivity contribution in [3.05, 3.63) is 0 Å². The first kappa shape index (κ1) is 55.1. The standard InChI is InChI=1S/C35H70NO19P3/c1-2-3-4-5-6-7-8-9-10-11-13-17-20-23-29(38)52-27(25-50-28(37)22-19-16-14-12-15-18-21-24-36)26-51-58(48,49)55-33-30(39)31(40)34(53-56(42,43)44)35(32(33)41)54-57(45,46)47/h27,30-35,39-41H,2-26,36H2,1H3,(H,48,49)(H2,42,43,44)(H2,45,46,47)/t27-,30+,31-,32?,33?,34?,35+/m0/s1. The van der Waals surface area contributed by atoms with Crippen LogP contribution in [0.25, 0.3) is 0 Å². The predicted molar refractivity (Wildman–Crippen MR) is 210 cm³/mol. The van der Waals surface area contributed by atoms with Crippen LogP contribution in [0.3, 0.4) is 0 Å². The first-order valence-electron chi connectivity index (χ1n) is 20.5. The van der Waals surface area contributed by atoms with Crippen molar-refractivity contribution in [3.63, 3.8) is 0 Å². The van der Waals surface area contributed by atoms with Gasteiger partial charge in [-0.15, -0.1) is 0 Å². The van der Waals surface area contributed by atoms with Crippen LogP contribution in [-0.2, 0) is 50.9 Å². The van der Waals surface area contributed by atoms with Gasteiger partial charge in [-0.1, -0.05) is 116 Å². The van der Waals surface area contributed by atoms with E-state index in [0.29, 0.717) is 19.4 Å². The summed E-state index contributed by atoms with van der Waals surface area (Å²) in [6.45, 7) is 1.35. The van der Waals surface area contributed by atoms with Gasteiger partial charge in [-0.2, -0.15) is 0 Å². The van der Waals surface area contributed by atoms with Crippen LogP contribution in [0.5, 0.6) is 0 Å². The minimum atomic E-state index is -5.59. The molecule has 0 aliphatic heterocycles. The zero-order valence-electron chi connectivity index (χ0n) is 33.7. The molecule has 10 N–H and O–H groups in total. The Morgan fingerprint density at radius 3 is 1.38 bits per heavy atom. The number of aliphatic hydroxyl groups is 3. The molecule has 0 bridgehead atoms. The average molecular weight is 902 g/mol. The van der Waals surface area contributed by atoms with Gasteiger partial charge in [0.05, 0.1) is 6.61 Å². The van der Waals surface area contributed by atoms with Crippen LogP contribution in [-0.4, -0.2) is 114 Å². The smallest absolute Gasteiger partial charge is 0.462 e. The highest BCUT2D eigenvalue weighted by Crippen LogP contribution is 2.51. The minimum absolute atomic E-state index is 0.00206. The van der Waals surface area contributed by atoms with Gasteiger partial charge in [0.25, 0.3) is 0 Å². The van der Waals surface area contributed by atoms with Crippen molar-refractivity contribution in [1.29, 1.82) is 0 Å². The number of phosphoric acid groups is 3. The molecule has 344 valence electrons. The van der Waals surface area contributed by atoms with Crippen molar-refractivity contribution in [2.24, 2.45) is 5.73 Å². The third-order valence-electron chi connectivity index (χ3n) is 9.51. The number of carbonyl (C=O) groups excluding carboxylic acids is 2. The van der Waals surface area contributed by atoms with Crippen LogP contribution >= 0.6 is 23.5 Å². The monoisotopic (exact) mass is 901 g/mol. The van der Waals surface area contributed by atoms with Gasteiger partial charge in [0.15, 0.2) is 6.10 Å². The van der Waals surface area contributed by atoms with Gasteiger partial charge >= 0.3 is 35.4 Å². The number of rotatable bonds is 35. The van der Waals surface area contributed by atoms with E-state index >= 15 is 0 Å². The Hall–Kier alpha value is -0.890. The normalized spacial score (nSPS) is 23.0. The number of carbonyl (C=O) groups is 2. The van der Waals surface area contributed by atoms with Gasteiger partial charge in [-0.25, -0.2) is 13.7 Å². The van der Waals surface area contributed by atoms with E-state index in [4.69, 9.17) is 24.3 Å². The maximum Gasteiger partial charge on any atom is 0.472 e. The second-order valence-electron chi connectivity index (χ2n) is 14.7. The summed E-state index contributed by atoms with van der Waals surface area (Å²) >= 11 is 0. The molecule has 0 aromatic rings. The van der Waals surface area contributed by atoms with Crippen LogP contribution in [0.1, 0.15) is 148 Å². The number of hydrogen-bond acceptors (Lipinski definition) is 15. The molecule has 1 aliphatic rings. The fourth-order valence-electron chi connectivity index (χ4n) is 6.42. The van der Waals surface area contributed by atoms with Crippen molar-refractivity contribution in [1.82, 2.24) is 0 Å². The molecule has 1 aliphatic carbocycles. The summed E-state index contributed by atoms with van der Waals surface area (Å²) in [6.07, 6.45) is 4.26. The Labute approximate surface area is 341 Å². The van der Waals surface area contributed by atoms with E-state index in [1.165, 1.54) is 44.9 Å². The first-order chi connectivity index (χ1) is 27.3. The van der Waals surface area contributed by atoms with E-state index in [2.05, 4.69) is 16.0 Å². The predicted octanol–water partition coefficient (Wildman–Crippen LogP) is 4.56. The lowest BCUT2D eigenvalue weighted by Crippen LogP contribution is -2.65. The fourth-order valence-corrected chi connectivity index (χ4v) is 8.51. The maximum atomic E-state index is 13.0. The Bertz CT molecular complexity index is 1270. The Morgan fingerprint density at radius 2 is 0.931 bits per heavy atom. The van der Waals surface area contributed by atoms with Crippen LogP contribution in [0, 0.1) is 0 Å². The molecular weight excluding hydrogens is 831 g/mol. The lowest BCUT2D eigenvalue weighted by molar-refractivity contribution is -0.213. The molecule has 0 aromatic heterocycles. The maximum absolute atomic E-state index is 13.0. The average Bonchev–Trinajstić information content (AvgIpc) is 3.14. The molecular formula is C35H70NO19P3. The van der Waals surface area contributed by atoms with Gasteiger partial charge in [0.2, 0.25) is 0 Å². The lowest BCUT2D eigenvalue weighted by atomic mass is 9.85. The highest BCUT2D eigenvalue weighted by Gasteiger charge is 2.56. The minimum Gasteiger partial charge on any atom is -0.462 e. The van der Waals surface area contributed by atoms with E-state index in [1.54, 1.807) is 0 Å². The fraction of sp³-hybridized carbons (Fsp3) is 0.943. The number of aliphatic hydroxyl groups excluding tert-OH is 3. The Kier molecular flexibility index (Phi) is 28.7. The molecule has 0 amide bonds. The van der Waals surface area contributed by atoms with Crippen LogP contribution < -0.4 is 5.73 Å². The molecule has 0 aromatic carbocycles. The van der Waals surface area contributed by atoms with Crippen molar-refractivity contribution in [3.8, 4) is 0 Å². The largest absolute Gasteiger partial charge is 0.472 e. The number of hydrogen-bond donors (Lipinski definition) is 9. The highest BCUT2D eigenvalue weighted by atomic mass is 31.2. The topological polar surface area (TPSA) is 329 Å². The number of phosphoric ester groups is 3. The van der Waals surface area contributed by atoms with Crippen molar-refractivity contribution in [2.75, 3.05) is 19.8 Å². The van der Waals surface area contributed by atoms with Crippen molar-refractivity contribution < 1.29 is 90.6 Å². The number of unbranched alkanes of at least 4 members (excludes halogenated alkanes) is 18. The molecule has 0 saturated heterocycles. The van der Waals surface area contributed by atoms with E-state index in [0.717, 1.165) is 70.6 Å². The van der Waals surface area contributed by atoms with E-state index in [1.807, 2.05) is 0 Å². The summed E-state index contributed by atoms with van der Waals surface area (Å²) in [4.78, 5) is 72.6. The molecule has 1 saturated carbocycles. The summed E-state index contributed by atoms with van der Waals surface area (Å²) < 4.78 is 65.0. The Balaban J connectivity index is 2.80. The van der Waals surface area contributed by atoms with E-state index in [-0.39, 0.29) is 12.8 Å². The quantitative estimate of drug-likeness (QED) is 0.0239. The van der Waals surface area contributed by atoms with Gasteiger partial charge in [0.1, 0.15) is 43.2 Å². The molecule has 8 atom stereocenters. The van der Waals surface area contributed by atoms with Gasteiger partial charge in [-0.05, 0) is 25.8 Å². The van der Waals surface area contributed by atoms with Crippen molar-refractivity contribution in [2.45, 2.75) is 191 Å². The molecule has 58 heavy (non-hydrogen) atoms. The SMILES string of the molecule is CCCCCCCCCCCCCCCC(=O)O[C@@H](COC(=O)CCCCCCCCCN)COP(=O)(O)OC1C(O)[C@@H](OP(=O)(O)O)C(OP(=O)(O)O)[C@@H](O)[C@H]1O. The summed E-state index contributed by atoms with van der Waals surface area (Å²) in [6, 6.07) is 0. The van der Waals surface area contributed by atoms with Crippen molar-refractivity contribution >= 4 is 35.4 Å². The second-order valence-corrected chi connectivity index (χ2v) is 18.5. The molecule has 0 spiro atoms. The van der Waals surface area contributed by atoms with Crippen LogP contribution in [0.15, 0.2) is 0 Å². The molecule has 0 radical (unpaired) electrons. The first-order valence-corrected chi connectivity index (χ1v) is 25.1. The number of nitrogens with two attached hydrogens (primary N) is 1. The number of esters is 2. The Morgan fingerprint density at radius 1 is 0.534 bits per heavy atom. The number of ether oxygens (including phenoxy) is 2. The van der Waals surface area contributed by atoms with E-state index in [9.17, 15) is 63.1 Å². The van der Waals surface area contributed by atoms with Crippen LogP contribution in [0.4, 0.5) is 0 Å². The van der Waals surface area contributed by atoms with E-state index < -0.39 is 91.3 Å². The molecule has 23 heteroatoms. The van der Waals surface area contributed by atoms with Gasteiger partial charge in [-0.3, -0.25) is 27.7 Å². The molecule has 0 heterocycles. The zero-order chi connectivity index (χ0) is 43.6. The third kappa shape index (κ3) is 26.4. The molecule has 4 unspecified atom stereocenters. The summed E-state index contributed by atoms with van der Waals surface area (Å²) in [7, 11) is -16.6. The molecule has 20 nitrogen and oxygen atoms in total. The summed E-state index contributed by atoms with van der Waals surface area (Å²) in [5, 5.41) is 31.7. The molecule has 1 fully saturated rings. The van der Waals surface area contributed by atoms with Gasteiger partial charge in [0, 0.05) is 12.8 Å².